The van der Waals surface area contributed by atoms with Crippen LogP contribution in [0.1, 0.15) is 5.56 Å². The average molecular weight is 235 g/mol. The zero-order valence-electron chi connectivity index (χ0n) is 9.85. The lowest BCUT2D eigenvalue weighted by Gasteiger charge is -2.13. The summed E-state index contributed by atoms with van der Waals surface area (Å²) in [7, 11) is 1.60. The first-order valence-electron chi connectivity index (χ1n) is 5.37. The van der Waals surface area contributed by atoms with Crippen LogP contribution in [-0.4, -0.2) is 30.8 Å². The van der Waals surface area contributed by atoms with Gasteiger partial charge in [0.15, 0.2) is 0 Å². The molecular weight excluding hydrogens is 218 g/mol. The van der Waals surface area contributed by atoms with Crippen LogP contribution in [0.5, 0.6) is 5.75 Å². The van der Waals surface area contributed by atoms with Gasteiger partial charge in [0.25, 0.3) is 0 Å². The summed E-state index contributed by atoms with van der Waals surface area (Å²) < 4.78 is 5.04. The first kappa shape index (κ1) is 13.3. The van der Waals surface area contributed by atoms with Crippen LogP contribution in [-0.2, 0) is 11.2 Å². The van der Waals surface area contributed by atoms with Crippen LogP contribution in [0.2, 0.25) is 0 Å². The van der Waals surface area contributed by atoms with Gasteiger partial charge >= 0.3 is 5.97 Å². The quantitative estimate of drug-likeness (QED) is 0.703. The van der Waals surface area contributed by atoms with E-state index in [9.17, 15) is 4.79 Å². The molecule has 92 valence electrons. The number of carboxylic acid groups (broad SMARTS) is 1. The number of methoxy groups -OCH3 is 1. The van der Waals surface area contributed by atoms with Crippen molar-refractivity contribution in [1.82, 2.24) is 5.32 Å². The number of carboxylic acids is 1. The van der Waals surface area contributed by atoms with Crippen molar-refractivity contribution in [2.24, 2.45) is 0 Å². The van der Waals surface area contributed by atoms with E-state index in [0.717, 1.165) is 11.3 Å². The maximum atomic E-state index is 11.0. The van der Waals surface area contributed by atoms with E-state index >= 15 is 0 Å². The topological polar surface area (TPSA) is 58.6 Å². The van der Waals surface area contributed by atoms with Gasteiger partial charge in [-0.15, -0.1) is 6.58 Å². The molecule has 4 heteroatoms. The highest BCUT2D eigenvalue weighted by molar-refractivity contribution is 5.73. The SMILES string of the molecule is C=CCN[C@@H](Cc1ccc(OC)cc1)C(=O)O. The molecule has 1 rings (SSSR count). The third-order valence-electron chi connectivity index (χ3n) is 2.41. The second-order valence-electron chi connectivity index (χ2n) is 3.64. The van der Waals surface area contributed by atoms with Crippen molar-refractivity contribution < 1.29 is 14.6 Å². The number of benzene rings is 1. The van der Waals surface area contributed by atoms with E-state index < -0.39 is 12.0 Å². The van der Waals surface area contributed by atoms with Crippen molar-refractivity contribution in [3.63, 3.8) is 0 Å². The number of hydrogen-bond donors (Lipinski definition) is 2. The maximum absolute atomic E-state index is 11.0. The van der Waals surface area contributed by atoms with E-state index in [1.807, 2.05) is 24.3 Å². The second kappa shape index (κ2) is 6.70. The van der Waals surface area contributed by atoms with Crippen LogP contribution in [0.15, 0.2) is 36.9 Å². The molecule has 0 aliphatic rings. The molecule has 0 aliphatic heterocycles. The second-order valence-corrected chi connectivity index (χ2v) is 3.64. The van der Waals surface area contributed by atoms with Gasteiger partial charge in [0.2, 0.25) is 0 Å². The monoisotopic (exact) mass is 235 g/mol. The van der Waals surface area contributed by atoms with Gasteiger partial charge in [0.1, 0.15) is 11.8 Å². The number of aliphatic carboxylic acids is 1. The van der Waals surface area contributed by atoms with E-state index in [-0.39, 0.29) is 0 Å². The lowest BCUT2D eigenvalue weighted by atomic mass is 10.1. The normalized spacial score (nSPS) is 11.8. The third-order valence-corrected chi connectivity index (χ3v) is 2.41. The Bertz CT molecular complexity index is 373. The minimum Gasteiger partial charge on any atom is -0.497 e. The van der Waals surface area contributed by atoms with Gasteiger partial charge in [0.05, 0.1) is 7.11 Å². The molecule has 0 aromatic heterocycles. The highest BCUT2D eigenvalue weighted by atomic mass is 16.5. The third kappa shape index (κ3) is 4.28. The molecule has 0 saturated carbocycles. The van der Waals surface area contributed by atoms with Gasteiger partial charge < -0.3 is 15.2 Å². The van der Waals surface area contributed by atoms with E-state index in [1.165, 1.54) is 0 Å². The molecule has 0 spiro atoms. The van der Waals surface area contributed by atoms with Gasteiger partial charge in [-0.2, -0.15) is 0 Å². The molecule has 1 aromatic rings. The molecule has 0 amide bonds. The summed E-state index contributed by atoms with van der Waals surface area (Å²) >= 11 is 0. The minimum absolute atomic E-state index is 0.438. The zero-order valence-corrected chi connectivity index (χ0v) is 9.85. The van der Waals surface area contributed by atoms with Crippen LogP contribution in [0.4, 0.5) is 0 Å². The molecule has 0 aliphatic carbocycles. The molecule has 0 radical (unpaired) electrons. The molecule has 0 fully saturated rings. The summed E-state index contributed by atoms with van der Waals surface area (Å²) in [6.07, 6.45) is 2.08. The van der Waals surface area contributed by atoms with Crippen molar-refractivity contribution in [3.8, 4) is 5.75 Å². The number of ether oxygens (including phenoxy) is 1. The molecule has 0 bridgehead atoms. The van der Waals surface area contributed by atoms with Crippen molar-refractivity contribution in [1.29, 1.82) is 0 Å². The summed E-state index contributed by atoms with van der Waals surface area (Å²) in [6.45, 7) is 4.03. The predicted octanol–water partition coefficient (Wildman–Crippen LogP) is 1.47. The molecule has 1 aromatic carbocycles. The summed E-state index contributed by atoms with van der Waals surface area (Å²) in [5, 5.41) is 11.9. The molecule has 2 N–H and O–H groups in total. The Kier molecular flexibility index (Phi) is 5.23. The van der Waals surface area contributed by atoms with E-state index in [0.29, 0.717) is 13.0 Å². The largest absolute Gasteiger partial charge is 0.497 e. The lowest BCUT2D eigenvalue weighted by molar-refractivity contribution is -0.139. The smallest absolute Gasteiger partial charge is 0.321 e. The molecule has 0 saturated heterocycles. The first-order chi connectivity index (χ1) is 8.17. The Labute approximate surface area is 101 Å². The van der Waals surface area contributed by atoms with Crippen LogP contribution in [0, 0.1) is 0 Å². The Balaban J connectivity index is 2.64. The number of rotatable bonds is 7. The molecule has 4 nitrogen and oxygen atoms in total. The number of carbonyl (C=O) groups is 1. The molecule has 0 unspecified atom stereocenters. The molecule has 17 heavy (non-hydrogen) atoms. The first-order valence-corrected chi connectivity index (χ1v) is 5.37. The van der Waals surface area contributed by atoms with E-state index in [2.05, 4.69) is 11.9 Å². The highest BCUT2D eigenvalue weighted by Crippen LogP contribution is 2.12. The van der Waals surface area contributed by atoms with Gasteiger partial charge in [-0.3, -0.25) is 4.79 Å². The van der Waals surface area contributed by atoms with Crippen LogP contribution >= 0.6 is 0 Å². The highest BCUT2D eigenvalue weighted by Gasteiger charge is 2.16. The fourth-order valence-corrected chi connectivity index (χ4v) is 1.47. The predicted molar refractivity (Wildman–Crippen MR) is 66.3 cm³/mol. The fraction of sp³-hybridized carbons (Fsp3) is 0.308. The Hall–Kier alpha value is -1.81. The average Bonchev–Trinajstić information content (AvgIpc) is 2.35. The number of nitrogens with one attached hydrogen (secondary N) is 1. The maximum Gasteiger partial charge on any atom is 0.321 e. The van der Waals surface area contributed by atoms with Crippen LogP contribution in [0.25, 0.3) is 0 Å². The van der Waals surface area contributed by atoms with E-state index in [1.54, 1.807) is 13.2 Å². The lowest BCUT2D eigenvalue weighted by Crippen LogP contribution is -2.38. The minimum atomic E-state index is -0.859. The zero-order chi connectivity index (χ0) is 12.7. The van der Waals surface area contributed by atoms with Gasteiger partial charge in [-0.25, -0.2) is 0 Å². The van der Waals surface area contributed by atoms with Gasteiger partial charge in [-0.05, 0) is 24.1 Å². The molecule has 1 atom stereocenters. The van der Waals surface area contributed by atoms with Crippen LogP contribution in [0.3, 0.4) is 0 Å². The summed E-state index contributed by atoms with van der Waals surface area (Å²) in [5.74, 6) is -0.0951. The molecular formula is C13H17NO3. The van der Waals surface area contributed by atoms with Crippen molar-refractivity contribution in [2.45, 2.75) is 12.5 Å². The van der Waals surface area contributed by atoms with Gasteiger partial charge in [0, 0.05) is 6.54 Å². The Morgan fingerprint density at radius 1 is 1.53 bits per heavy atom. The summed E-state index contributed by atoms with van der Waals surface area (Å²) in [4.78, 5) is 11.0. The van der Waals surface area contributed by atoms with Gasteiger partial charge in [-0.1, -0.05) is 18.2 Å². The van der Waals surface area contributed by atoms with E-state index in [4.69, 9.17) is 9.84 Å². The number of hydrogen-bond acceptors (Lipinski definition) is 3. The van der Waals surface area contributed by atoms with Crippen LogP contribution < -0.4 is 10.1 Å². The van der Waals surface area contributed by atoms with Crippen molar-refractivity contribution in [2.75, 3.05) is 13.7 Å². The summed E-state index contributed by atoms with van der Waals surface area (Å²) in [6, 6.07) is 6.78. The fourth-order valence-electron chi connectivity index (χ4n) is 1.47. The van der Waals surface area contributed by atoms with Crippen molar-refractivity contribution in [3.05, 3.63) is 42.5 Å². The standard InChI is InChI=1S/C13H17NO3/c1-3-8-14-12(13(15)16)9-10-4-6-11(17-2)7-5-10/h3-7,12,14H,1,8-9H2,2H3,(H,15,16)/t12-/m0/s1. The Morgan fingerprint density at radius 2 is 2.18 bits per heavy atom. The van der Waals surface area contributed by atoms with Crippen molar-refractivity contribution >= 4 is 5.97 Å². The summed E-state index contributed by atoms with van der Waals surface area (Å²) in [5.41, 5.74) is 0.953. The Morgan fingerprint density at radius 3 is 2.65 bits per heavy atom. The molecule has 0 heterocycles.